The number of pyridine rings is 1. The minimum Gasteiger partial charge on any atom is -0.497 e. The molecular weight excluding hydrogens is 292 g/mol. The summed E-state index contributed by atoms with van der Waals surface area (Å²) in [6.45, 7) is 0.0668. The molecule has 0 bridgehead atoms. The van der Waals surface area contributed by atoms with E-state index in [1.807, 2.05) is 12.1 Å². The van der Waals surface area contributed by atoms with Gasteiger partial charge in [0, 0.05) is 17.6 Å². The summed E-state index contributed by atoms with van der Waals surface area (Å²) in [4.78, 5) is 24.7. The van der Waals surface area contributed by atoms with Gasteiger partial charge in [-0.15, -0.1) is 0 Å². The van der Waals surface area contributed by atoms with Crippen LogP contribution in [0.3, 0.4) is 0 Å². The summed E-state index contributed by atoms with van der Waals surface area (Å²) in [7, 11) is 1.60. The van der Waals surface area contributed by atoms with Crippen molar-refractivity contribution in [2.45, 2.75) is 44.7 Å². The Morgan fingerprint density at radius 1 is 1.26 bits per heavy atom. The van der Waals surface area contributed by atoms with Gasteiger partial charge in [0.15, 0.2) is 0 Å². The molecule has 1 N–H and O–H groups in total. The van der Waals surface area contributed by atoms with Gasteiger partial charge in [-0.05, 0) is 42.5 Å². The van der Waals surface area contributed by atoms with E-state index >= 15 is 0 Å². The molecule has 1 aliphatic rings. The van der Waals surface area contributed by atoms with Crippen molar-refractivity contribution in [3.63, 3.8) is 0 Å². The smallest absolute Gasteiger partial charge is 0.258 e. The van der Waals surface area contributed by atoms with E-state index in [0.717, 1.165) is 18.2 Å². The summed E-state index contributed by atoms with van der Waals surface area (Å²) in [5.74, 6) is 0.622. The fourth-order valence-electron chi connectivity index (χ4n) is 3.19. The SMILES string of the molecule is COc1ccc2c(=O)n(CC(=O)NC3CCCCC3)ccc2c1. The average Bonchev–Trinajstić information content (AvgIpc) is 2.58. The van der Waals surface area contributed by atoms with Crippen LogP contribution in [0.2, 0.25) is 0 Å². The summed E-state index contributed by atoms with van der Waals surface area (Å²) < 4.78 is 6.63. The summed E-state index contributed by atoms with van der Waals surface area (Å²) in [6, 6.07) is 7.43. The summed E-state index contributed by atoms with van der Waals surface area (Å²) in [5, 5.41) is 4.46. The lowest BCUT2D eigenvalue weighted by molar-refractivity contribution is -0.122. The quantitative estimate of drug-likeness (QED) is 0.943. The van der Waals surface area contributed by atoms with Crippen LogP contribution in [0.1, 0.15) is 32.1 Å². The molecule has 1 aromatic carbocycles. The number of aromatic nitrogens is 1. The maximum absolute atomic E-state index is 12.5. The first kappa shape index (κ1) is 15.6. The zero-order valence-electron chi connectivity index (χ0n) is 13.4. The van der Waals surface area contributed by atoms with Crippen LogP contribution in [-0.2, 0) is 11.3 Å². The standard InChI is InChI=1S/C18H22N2O3/c1-23-15-7-8-16-13(11-15)9-10-20(18(16)22)12-17(21)19-14-5-3-2-4-6-14/h7-11,14H,2-6,12H2,1H3,(H,19,21). The molecule has 2 aromatic rings. The van der Waals surface area contributed by atoms with Crippen molar-refractivity contribution >= 4 is 16.7 Å². The predicted octanol–water partition coefficient (Wildman–Crippen LogP) is 2.46. The van der Waals surface area contributed by atoms with Crippen LogP contribution in [0.15, 0.2) is 35.3 Å². The lowest BCUT2D eigenvalue weighted by atomic mass is 9.95. The van der Waals surface area contributed by atoms with Gasteiger partial charge in [-0.2, -0.15) is 0 Å². The number of methoxy groups -OCH3 is 1. The average molecular weight is 314 g/mol. The number of ether oxygens (including phenoxy) is 1. The molecule has 0 atom stereocenters. The van der Waals surface area contributed by atoms with Crippen LogP contribution in [0.4, 0.5) is 0 Å². The Morgan fingerprint density at radius 3 is 2.78 bits per heavy atom. The number of hydrogen-bond donors (Lipinski definition) is 1. The minimum absolute atomic E-state index is 0.0668. The molecule has 5 heteroatoms. The molecular formula is C18H22N2O3. The van der Waals surface area contributed by atoms with Gasteiger partial charge in [-0.25, -0.2) is 0 Å². The highest BCUT2D eigenvalue weighted by atomic mass is 16.5. The molecule has 0 spiro atoms. The highest BCUT2D eigenvalue weighted by Crippen LogP contribution is 2.18. The third kappa shape index (κ3) is 3.55. The molecule has 23 heavy (non-hydrogen) atoms. The Labute approximate surface area is 135 Å². The Bertz CT molecular complexity index is 760. The maximum Gasteiger partial charge on any atom is 0.258 e. The van der Waals surface area contributed by atoms with E-state index < -0.39 is 0 Å². The highest BCUT2D eigenvalue weighted by molar-refractivity contribution is 5.83. The molecule has 1 fully saturated rings. The molecule has 0 unspecified atom stereocenters. The van der Waals surface area contributed by atoms with E-state index in [1.54, 1.807) is 25.4 Å². The van der Waals surface area contributed by atoms with Crippen molar-refractivity contribution in [3.05, 3.63) is 40.8 Å². The monoisotopic (exact) mass is 314 g/mol. The molecule has 3 rings (SSSR count). The fourth-order valence-corrected chi connectivity index (χ4v) is 3.19. The number of nitrogens with one attached hydrogen (secondary N) is 1. The Kier molecular flexibility index (Phi) is 4.65. The lowest BCUT2D eigenvalue weighted by Crippen LogP contribution is -2.39. The number of nitrogens with zero attached hydrogens (tertiary/aromatic N) is 1. The van der Waals surface area contributed by atoms with E-state index in [0.29, 0.717) is 11.1 Å². The number of amides is 1. The molecule has 5 nitrogen and oxygen atoms in total. The number of carbonyl (C=O) groups excluding carboxylic acids is 1. The van der Waals surface area contributed by atoms with Gasteiger partial charge < -0.3 is 14.6 Å². The van der Waals surface area contributed by atoms with Crippen molar-refractivity contribution in [1.82, 2.24) is 9.88 Å². The van der Waals surface area contributed by atoms with Gasteiger partial charge in [-0.3, -0.25) is 9.59 Å². The van der Waals surface area contributed by atoms with Gasteiger partial charge in [0.05, 0.1) is 7.11 Å². The normalized spacial score (nSPS) is 15.5. The number of hydrogen-bond acceptors (Lipinski definition) is 3. The first-order valence-corrected chi connectivity index (χ1v) is 8.14. The second kappa shape index (κ2) is 6.86. The van der Waals surface area contributed by atoms with E-state index in [2.05, 4.69) is 5.32 Å². The molecule has 1 aromatic heterocycles. The second-order valence-corrected chi connectivity index (χ2v) is 6.10. The van der Waals surface area contributed by atoms with E-state index in [9.17, 15) is 9.59 Å². The van der Waals surface area contributed by atoms with Crippen LogP contribution < -0.4 is 15.6 Å². The van der Waals surface area contributed by atoms with Crippen LogP contribution in [-0.4, -0.2) is 23.6 Å². The van der Waals surface area contributed by atoms with E-state index in [-0.39, 0.29) is 24.1 Å². The summed E-state index contributed by atoms with van der Waals surface area (Å²) in [5.41, 5.74) is -0.149. The van der Waals surface area contributed by atoms with E-state index in [1.165, 1.54) is 23.8 Å². The van der Waals surface area contributed by atoms with Crippen molar-refractivity contribution in [1.29, 1.82) is 0 Å². The number of carbonyl (C=O) groups is 1. The van der Waals surface area contributed by atoms with Crippen LogP contribution in [0.25, 0.3) is 10.8 Å². The second-order valence-electron chi connectivity index (χ2n) is 6.10. The summed E-state index contributed by atoms with van der Waals surface area (Å²) >= 11 is 0. The van der Waals surface area contributed by atoms with Crippen molar-refractivity contribution in [3.8, 4) is 5.75 Å². The van der Waals surface area contributed by atoms with Gasteiger partial charge in [0.1, 0.15) is 12.3 Å². The first-order chi connectivity index (χ1) is 11.2. The van der Waals surface area contributed by atoms with Gasteiger partial charge >= 0.3 is 0 Å². The largest absolute Gasteiger partial charge is 0.497 e. The molecule has 122 valence electrons. The van der Waals surface area contributed by atoms with Crippen LogP contribution >= 0.6 is 0 Å². The maximum atomic E-state index is 12.5. The Balaban J connectivity index is 1.76. The zero-order chi connectivity index (χ0) is 16.2. The fraction of sp³-hybridized carbons (Fsp3) is 0.444. The molecule has 1 aliphatic carbocycles. The third-order valence-corrected chi connectivity index (χ3v) is 4.47. The van der Waals surface area contributed by atoms with Crippen LogP contribution in [0.5, 0.6) is 5.75 Å². The topological polar surface area (TPSA) is 60.3 Å². The number of fused-ring (bicyclic) bond motifs is 1. The molecule has 1 heterocycles. The lowest BCUT2D eigenvalue weighted by Gasteiger charge is -2.22. The van der Waals surface area contributed by atoms with Gasteiger partial charge in [-0.1, -0.05) is 19.3 Å². The zero-order valence-corrected chi connectivity index (χ0v) is 13.4. The molecule has 0 aliphatic heterocycles. The van der Waals surface area contributed by atoms with Crippen molar-refractivity contribution in [2.75, 3.05) is 7.11 Å². The Hall–Kier alpha value is -2.30. The van der Waals surface area contributed by atoms with Gasteiger partial charge in [0.25, 0.3) is 5.56 Å². The number of rotatable bonds is 4. The van der Waals surface area contributed by atoms with Crippen molar-refractivity contribution < 1.29 is 9.53 Å². The first-order valence-electron chi connectivity index (χ1n) is 8.14. The van der Waals surface area contributed by atoms with E-state index in [4.69, 9.17) is 4.74 Å². The summed E-state index contributed by atoms with van der Waals surface area (Å²) in [6.07, 6.45) is 7.34. The van der Waals surface area contributed by atoms with Gasteiger partial charge in [0.2, 0.25) is 5.91 Å². The highest BCUT2D eigenvalue weighted by Gasteiger charge is 2.16. The van der Waals surface area contributed by atoms with Crippen molar-refractivity contribution in [2.24, 2.45) is 0 Å². The van der Waals surface area contributed by atoms with Crippen LogP contribution in [0, 0.1) is 0 Å². The number of benzene rings is 1. The predicted molar refractivity (Wildman–Crippen MR) is 89.8 cm³/mol. The molecule has 0 radical (unpaired) electrons. The minimum atomic E-state index is -0.149. The molecule has 0 saturated heterocycles. The molecule has 1 saturated carbocycles. The third-order valence-electron chi connectivity index (χ3n) is 4.47. The molecule has 1 amide bonds. The Morgan fingerprint density at radius 2 is 2.04 bits per heavy atom.